The van der Waals surface area contributed by atoms with Crippen LogP contribution in [0.3, 0.4) is 0 Å². The van der Waals surface area contributed by atoms with E-state index in [1.54, 1.807) is 0 Å². The van der Waals surface area contributed by atoms with Gasteiger partial charge < -0.3 is 4.57 Å². The zero-order valence-corrected chi connectivity index (χ0v) is 7.89. The summed E-state index contributed by atoms with van der Waals surface area (Å²) in [6, 6.07) is 0. The van der Waals surface area contributed by atoms with E-state index in [0.29, 0.717) is 0 Å². The predicted octanol–water partition coefficient (Wildman–Crippen LogP) is 2.32. The van der Waals surface area contributed by atoms with E-state index in [1.807, 2.05) is 12.5 Å². The van der Waals surface area contributed by atoms with Gasteiger partial charge in [-0.15, -0.1) is 0 Å². The molecule has 2 bridgehead atoms. The molecule has 0 saturated heterocycles. The maximum atomic E-state index is 4.09. The summed E-state index contributed by atoms with van der Waals surface area (Å²) in [6.07, 6.45) is 11.9. The maximum absolute atomic E-state index is 4.09. The van der Waals surface area contributed by atoms with E-state index in [-0.39, 0.29) is 0 Å². The van der Waals surface area contributed by atoms with Crippen molar-refractivity contribution in [3.63, 3.8) is 0 Å². The van der Waals surface area contributed by atoms with Gasteiger partial charge >= 0.3 is 0 Å². The quantitative estimate of drug-likeness (QED) is 0.676. The van der Waals surface area contributed by atoms with Crippen molar-refractivity contribution in [1.29, 1.82) is 0 Å². The molecule has 0 N–H and O–H groups in total. The van der Waals surface area contributed by atoms with Crippen LogP contribution in [0.2, 0.25) is 0 Å². The molecule has 3 unspecified atom stereocenters. The minimum atomic E-state index is 0.952. The van der Waals surface area contributed by atoms with Crippen molar-refractivity contribution < 1.29 is 0 Å². The maximum Gasteiger partial charge on any atom is 0.0945 e. The van der Waals surface area contributed by atoms with Crippen LogP contribution in [-0.2, 0) is 6.54 Å². The van der Waals surface area contributed by atoms with Crippen molar-refractivity contribution >= 4 is 0 Å². The standard InChI is InChI=1S/C11H16N2/c1-2-10-5-9(1)6-11(10)7-13-4-3-12-8-13/h3-4,8-11H,1-2,5-7H2. The first-order chi connectivity index (χ1) is 6.42. The lowest BCUT2D eigenvalue weighted by Gasteiger charge is -2.21. The largest absolute Gasteiger partial charge is 0.337 e. The van der Waals surface area contributed by atoms with Crippen LogP contribution in [0.5, 0.6) is 0 Å². The van der Waals surface area contributed by atoms with Gasteiger partial charge in [-0.1, -0.05) is 6.42 Å². The van der Waals surface area contributed by atoms with Gasteiger partial charge in [0.2, 0.25) is 0 Å². The summed E-state index contributed by atoms with van der Waals surface area (Å²) in [5, 5.41) is 0. The first-order valence-electron chi connectivity index (χ1n) is 5.37. The van der Waals surface area contributed by atoms with Crippen molar-refractivity contribution in [2.24, 2.45) is 17.8 Å². The Morgan fingerprint density at radius 3 is 2.92 bits per heavy atom. The molecule has 0 amide bonds. The van der Waals surface area contributed by atoms with E-state index in [2.05, 4.69) is 15.7 Å². The molecule has 13 heavy (non-hydrogen) atoms. The summed E-state index contributed by atoms with van der Waals surface area (Å²) < 4.78 is 2.24. The van der Waals surface area contributed by atoms with Crippen LogP contribution in [0.1, 0.15) is 25.7 Å². The van der Waals surface area contributed by atoms with E-state index in [4.69, 9.17) is 0 Å². The number of rotatable bonds is 2. The Balaban J connectivity index is 1.68. The molecule has 2 fully saturated rings. The van der Waals surface area contributed by atoms with E-state index in [0.717, 1.165) is 17.8 Å². The van der Waals surface area contributed by atoms with Gasteiger partial charge in [0.1, 0.15) is 0 Å². The second kappa shape index (κ2) is 2.86. The number of nitrogens with zero attached hydrogens (tertiary/aromatic N) is 2. The molecular weight excluding hydrogens is 160 g/mol. The highest BCUT2D eigenvalue weighted by Crippen LogP contribution is 2.48. The molecule has 3 atom stereocenters. The smallest absolute Gasteiger partial charge is 0.0945 e. The molecule has 1 aromatic rings. The summed E-state index contributed by atoms with van der Waals surface area (Å²) in [5.74, 6) is 3.05. The minimum Gasteiger partial charge on any atom is -0.337 e. The summed E-state index contributed by atoms with van der Waals surface area (Å²) >= 11 is 0. The molecule has 2 nitrogen and oxygen atoms in total. The molecule has 0 aliphatic heterocycles. The second-order valence-corrected chi connectivity index (χ2v) is 4.69. The van der Waals surface area contributed by atoms with Gasteiger partial charge in [0.05, 0.1) is 6.33 Å². The van der Waals surface area contributed by atoms with Crippen LogP contribution < -0.4 is 0 Å². The second-order valence-electron chi connectivity index (χ2n) is 4.69. The Kier molecular flexibility index (Phi) is 1.67. The van der Waals surface area contributed by atoms with Crippen LogP contribution in [0, 0.1) is 17.8 Å². The molecule has 1 aromatic heterocycles. The van der Waals surface area contributed by atoms with Gasteiger partial charge in [-0.05, 0) is 37.0 Å². The third-order valence-electron chi connectivity index (χ3n) is 3.89. The molecule has 1 heterocycles. The lowest BCUT2D eigenvalue weighted by molar-refractivity contribution is 0.295. The monoisotopic (exact) mass is 176 g/mol. The van der Waals surface area contributed by atoms with Crippen molar-refractivity contribution in [3.05, 3.63) is 18.7 Å². The van der Waals surface area contributed by atoms with E-state index >= 15 is 0 Å². The Morgan fingerprint density at radius 1 is 1.31 bits per heavy atom. The topological polar surface area (TPSA) is 17.8 Å². The Morgan fingerprint density at radius 2 is 2.31 bits per heavy atom. The lowest BCUT2D eigenvalue weighted by Crippen LogP contribution is -2.16. The van der Waals surface area contributed by atoms with Crippen LogP contribution in [-0.4, -0.2) is 9.55 Å². The fraction of sp³-hybridized carbons (Fsp3) is 0.727. The first-order valence-corrected chi connectivity index (χ1v) is 5.37. The number of hydrogen-bond acceptors (Lipinski definition) is 1. The van der Waals surface area contributed by atoms with Gasteiger partial charge in [0.25, 0.3) is 0 Å². The number of imidazole rings is 1. The molecule has 2 aliphatic rings. The Bertz CT molecular complexity index is 278. The molecular formula is C11H16N2. The summed E-state index contributed by atoms with van der Waals surface area (Å²) in [6.45, 7) is 1.21. The van der Waals surface area contributed by atoms with Gasteiger partial charge in [-0.2, -0.15) is 0 Å². The molecule has 3 rings (SSSR count). The van der Waals surface area contributed by atoms with Gasteiger partial charge in [0, 0.05) is 18.9 Å². The number of aromatic nitrogens is 2. The Labute approximate surface area is 79.0 Å². The van der Waals surface area contributed by atoms with E-state index in [1.165, 1.54) is 32.2 Å². The van der Waals surface area contributed by atoms with E-state index < -0.39 is 0 Å². The summed E-state index contributed by atoms with van der Waals surface area (Å²) in [4.78, 5) is 4.09. The normalized spacial score (nSPS) is 37.1. The van der Waals surface area contributed by atoms with Crippen LogP contribution >= 0.6 is 0 Å². The Hall–Kier alpha value is -0.790. The highest BCUT2D eigenvalue weighted by Gasteiger charge is 2.39. The van der Waals surface area contributed by atoms with Crippen LogP contribution in [0.4, 0.5) is 0 Å². The van der Waals surface area contributed by atoms with Gasteiger partial charge in [-0.25, -0.2) is 4.98 Å². The third kappa shape index (κ3) is 1.28. The molecule has 2 saturated carbocycles. The predicted molar refractivity (Wildman–Crippen MR) is 51.2 cm³/mol. The molecule has 0 radical (unpaired) electrons. The SMILES string of the molecule is c1cn(CC2CC3CCC2C3)cn1. The van der Waals surface area contributed by atoms with Crippen molar-refractivity contribution in [3.8, 4) is 0 Å². The van der Waals surface area contributed by atoms with Gasteiger partial charge in [0.15, 0.2) is 0 Å². The highest BCUT2D eigenvalue weighted by molar-refractivity contribution is 4.90. The average molecular weight is 176 g/mol. The van der Waals surface area contributed by atoms with Crippen molar-refractivity contribution in [1.82, 2.24) is 9.55 Å². The highest BCUT2D eigenvalue weighted by atomic mass is 15.0. The average Bonchev–Trinajstić information content (AvgIpc) is 2.77. The summed E-state index contributed by atoms with van der Waals surface area (Å²) in [5.41, 5.74) is 0. The molecule has 70 valence electrons. The number of hydrogen-bond donors (Lipinski definition) is 0. The van der Waals surface area contributed by atoms with Gasteiger partial charge in [-0.3, -0.25) is 0 Å². The number of fused-ring (bicyclic) bond motifs is 2. The molecule has 2 heteroatoms. The van der Waals surface area contributed by atoms with E-state index in [9.17, 15) is 0 Å². The third-order valence-corrected chi connectivity index (χ3v) is 3.89. The molecule has 0 aromatic carbocycles. The van der Waals surface area contributed by atoms with Crippen molar-refractivity contribution in [2.75, 3.05) is 0 Å². The fourth-order valence-corrected chi connectivity index (χ4v) is 3.27. The minimum absolute atomic E-state index is 0.952. The fourth-order valence-electron chi connectivity index (χ4n) is 3.27. The zero-order chi connectivity index (χ0) is 8.67. The van der Waals surface area contributed by atoms with Crippen LogP contribution in [0.25, 0.3) is 0 Å². The molecule has 2 aliphatic carbocycles. The zero-order valence-electron chi connectivity index (χ0n) is 7.89. The molecule has 0 spiro atoms. The lowest BCUT2D eigenvalue weighted by atomic mass is 9.89. The van der Waals surface area contributed by atoms with Crippen molar-refractivity contribution in [2.45, 2.75) is 32.2 Å². The summed E-state index contributed by atoms with van der Waals surface area (Å²) in [7, 11) is 0. The van der Waals surface area contributed by atoms with Crippen LogP contribution in [0.15, 0.2) is 18.7 Å². The first kappa shape index (κ1) is 7.60.